The van der Waals surface area contributed by atoms with Gasteiger partial charge in [-0.15, -0.1) is 0 Å². The highest BCUT2D eigenvalue weighted by atomic mass is 35.5. The van der Waals surface area contributed by atoms with Crippen LogP contribution >= 0.6 is 22.9 Å². The van der Waals surface area contributed by atoms with Crippen LogP contribution < -0.4 is 24.4 Å². The zero-order chi connectivity index (χ0) is 30.0. The summed E-state index contributed by atoms with van der Waals surface area (Å²) in [6, 6.07) is 17.6. The Morgan fingerprint density at radius 2 is 1.81 bits per heavy atom. The van der Waals surface area contributed by atoms with Crippen LogP contribution in [-0.4, -0.2) is 29.7 Å². The summed E-state index contributed by atoms with van der Waals surface area (Å²) in [6.07, 6.45) is 1.72. The van der Waals surface area contributed by atoms with Crippen molar-refractivity contribution in [2.75, 3.05) is 14.2 Å². The molecule has 0 amide bonds. The number of esters is 1. The first kappa shape index (κ1) is 28.8. The predicted molar refractivity (Wildman–Crippen MR) is 158 cm³/mol. The van der Waals surface area contributed by atoms with Gasteiger partial charge in [0.05, 0.1) is 41.0 Å². The quantitative estimate of drug-likeness (QED) is 0.164. The van der Waals surface area contributed by atoms with E-state index in [-0.39, 0.29) is 23.4 Å². The van der Waals surface area contributed by atoms with Crippen LogP contribution in [0.5, 0.6) is 11.5 Å². The van der Waals surface area contributed by atoms with Crippen LogP contribution in [0.2, 0.25) is 5.02 Å². The zero-order valence-electron chi connectivity index (χ0n) is 22.7. The third kappa shape index (κ3) is 5.69. The van der Waals surface area contributed by atoms with Gasteiger partial charge in [0, 0.05) is 17.2 Å². The number of thiazole rings is 1. The summed E-state index contributed by atoms with van der Waals surface area (Å²) < 4.78 is 18.4. The van der Waals surface area contributed by atoms with Crippen LogP contribution in [0.1, 0.15) is 29.7 Å². The molecule has 2 heterocycles. The normalized spacial score (nSPS) is 14.7. The molecule has 1 aliphatic heterocycles. The second-order valence-electron chi connectivity index (χ2n) is 9.25. The van der Waals surface area contributed by atoms with E-state index in [9.17, 15) is 19.7 Å². The van der Waals surface area contributed by atoms with Gasteiger partial charge in [-0.3, -0.25) is 19.5 Å². The number of benzene rings is 3. The predicted octanol–water partition coefficient (Wildman–Crippen LogP) is 4.56. The molecule has 0 spiro atoms. The van der Waals surface area contributed by atoms with Crippen molar-refractivity contribution in [1.29, 1.82) is 0 Å². The van der Waals surface area contributed by atoms with Crippen LogP contribution in [0.3, 0.4) is 0 Å². The molecule has 0 N–H and O–H groups in total. The molecule has 1 aliphatic rings. The number of hydrogen-bond acceptors (Lipinski definition) is 9. The van der Waals surface area contributed by atoms with Crippen molar-refractivity contribution in [2.45, 2.75) is 19.6 Å². The van der Waals surface area contributed by atoms with Crippen molar-refractivity contribution in [3.8, 4) is 11.5 Å². The fourth-order valence-electron chi connectivity index (χ4n) is 4.57. The highest BCUT2D eigenvalue weighted by Gasteiger charge is 2.33. The molecule has 0 fully saturated rings. The zero-order valence-corrected chi connectivity index (χ0v) is 24.3. The molecule has 12 heteroatoms. The van der Waals surface area contributed by atoms with Gasteiger partial charge >= 0.3 is 5.97 Å². The summed E-state index contributed by atoms with van der Waals surface area (Å²) in [4.78, 5) is 42.0. The number of rotatable bonds is 8. The largest absolute Gasteiger partial charge is 0.493 e. The summed E-state index contributed by atoms with van der Waals surface area (Å²) in [6.45, 7) is 1.89. The van der Waals surface area contributed by atoms with Crippen molar-refractivity contribution in [3.05, 3.63) is 130 Å². The molecule has 214 valence electrons. The van der Waals surface area contributed by atoms with Crippen molar-refractivity contribution in [2.24, 2.45) is 4.99 Å². The summed E-state index contributed by atoms with van der Waals surface area (Å²) >= 11 is 7.31. The SMILES string of the molecule is COC(=O)C1=C(C)N=c2s/c(=C\c3ccc(OCc4ccc([N+](=O)[O-])cc4)c(OC)c3)c(=O)n2[C@H]1c1ccc(Cl)cc1. The van der Waals surface area contributed by atoms with E-state index in [4.69, 9.17) is 25.8 Å². The molecule has 0 saturated carbocycles. The van der Waals surface area contributed by atoms with Crippen LogP contribution in [0.25, 0.3) is 6.08 Å². The Morgan fingerprint density at radius 1 is 1.10 bits per heavy atom. The molecule has 0 saturated heterocycles. The first-order valence-corrected chi connectivity index (χ1v) is 13.8. The van der Waals surface area contributed by atoms with E-state index >= 15 is 0 Å². The molecule has 0 radical (unpaired) electrons. The van der Waals surface area contributed by atoms with Gasteiger partial charge in [0.25, 0.3) is 11.2 Å². The van der Waals surface area contributed by atoms with E-state index in [0.29, 0.717) is 42.7 Å². The van der Waals surface area contributed by atoms with Gasteiger partial charge in [-0.1, -0.05) is 41.1 Å². The number of carbonyl (C=O) groups is 1. The lowest BCUT2D eigenvalue weighted by Crippen LogP contribution is -2.39. The van der Waals surface area contributed by atoms with Crippen molar-refractivity contribution < 1.29 is 23.9 Å². The van der Waals surface area contributed by atoms with Gasteiger partial charge in [0.15, 0.2) is 16.3 Å². The molecule has 3 aromatic carbocycles. The molecule has 0 aliphatic carbocycles. The number of carbonyl (C=O) groups excluding carboxylic acids is 1. The fourth-order valence-corrected chi connectivity index (χ4v) is 5.75. The Morgan fingerprint density at radius 3 is 2.45 bits per heavy atom. The minimum Gasteiger partial charge on any atom is -0.493 e. The number of nitro benzene ring substituents is 1. The van der Waals surface area contributed by atoms with Gasteiger partial charge in [-0.05, 0) is 66.1 Å². The molecular weight excluding hydrogens is 582 g/mol. The second kappa shape index (κ2) is 12.0. The smallest absolute Gasteiger partial charge is 0.338 e. The van der Waals surface area contributed by atoms with Gasteiger partial charge in [0.1, 0.15) is 6.61 Å². The lowest BCUT2D eigenvalue weighted by Gasteiger charge is -2.24. The van der Waals surface area contributed by atoms with E-state index < -0.39 is 16.9 Å². The van der Waals surface area contributed by atoms with E-state index in [2.05, 4.69) is 4.99 Å². The van der Waals surface area contributed by atoms with E-state index in [1.54, 1.807) is 67.6 Å². The Kier molecular flexibility index (Phi) is 8.23. The molecule has 0 unspecified atom stereocenters. The molecule has 5 rings (SSSR count). The maximum absolute atomic E-state index is 13.8. The minimum atomic E-state index is -0.738. The van der Waals surface area contributed by atoms with E-state index in [0.717, 1.165) is 5.56 Å². The Balaban J connectivity index is 1.50. The highest BCUT2D eigenvalue weighted by molar-refractivity contribution is 7.07. The number of nitrogens with zero attached hydrogens (tertiary/aromatic N) is 3. The number of methoxy groups -OCH3 is 2. The Hall–Kier alpha value is -4.74. The Labute approximate surface area is 248 Å². The maximum atomic E-state index is 13.8. The summed E-state index contributed by atoms with van der Waals surface area (Å²) in [5.41, 5.74) is 2.56. The van der Waals surface area contributed by atoms with Crippen molar-refractivity contribution >= 4 is 40.7 Å². The van der Waals surface area contributed by atoms with E-state index in [1.165, 1.54) is 42.3 Å². The number of hydrogen-bond donors (Lipinski definition) is 0. The first-order valence-electron chi connectivity index (χ1n) is 12.6. The number of fused-ring (bicyclic) bond motifs is 1. The molecule has 0 bridgehead atoms. The van der Waals surface area contributed by atoms with Crippen LogP contribution in [-0.2, 0) is 16.1 Å². The lowest BCUT2D eigenvalue weighted by molar-refractivity contribution is -0.384. The van der Waals surface area contributed by atoms with Crippen LogP contribution in [0, 0.1) is 10.1 Å². The third-order valence-corrected chi connectivity index (χ3v) is 7.87. The van der Waals surface area contributed by atoms with Gasteiger partial charge in [-0.25, -0.2) is 9.79 Å². The summed E-state index contributed by atoms with van der Waals surface area (Å²) in [7, 11) is 2.80. The molecule has 4 aromatic rings. The summed E-state index contributed by atoms with van der Waals surface area (Å²) in [5.74, 6) is 0.344. The van der Waals surface area contributed by atoms with Crippen LogP contribution in [0.4, 0.5) is 5.69 Å². The Bertz CT molecular complexity index is 1890. The first-order chi connectivity index (χ1) is 20.2. The minimum absolute atomic E-state index is 0.00197. The number of aromatic nitrogens is 1. The average Bonchev–Trinajstić information content (AvgIpc) is 3.29. The number of halogens is 1. The lowest BCUT2D eigenvalue weighted by atomic mass is 9.96. The molecule has 1 atom stereocenters. The topological polar surface area (TPSA) is 122 Å². The summed E-state index contributed by atoms with van der Waals surface area (Å²) in [5, 5.41) is 11.4. The van der Waals surface area contributed by atoms with Crippen LogP contribution in [0.15, 0.2) is 87.8 Å². The molecule has 42 heavy (non-hydrogen) atoms. The van der Waals surface area contributed by atoms with Gasteiger partial charge in [0.2, 0.25) is 0 Å². The van der Waals surface area contributed by atoms with Gasteiger partial charge in [-0.2, -0.15) is 0 Å². The monoisotopic (exact) mass is 605 g/mol. The van der Waals surface area contributed by atoms with Crippen molar-refractivity contribution in [3.63, 3.8) is 0 Å². The average molecular weight is 606 g/mol. The number of non-ortho nitro benzene ring substituents is 1. The molecule has 1 aromatic heterocycles. The standard InChI is InChI=1S/C30H24ClN3O7S/c1-17-26(29(36)40-3)27(20-7-9-21(31)10-8-20)33-28(35)25(42-30(33)32-17)15-19-6-13-23(24(14-19)39-2)41-16-18-4-11-22(12-5-18)34(37)38/h4-15,27H,16H2,1-3H3/b25-15-/t27-/m0/s1. The number of allylic oxidation sites excluding steroid dienone is 1. The maximum Gasteiger partial charge on any atom is 0.338 e. The second-order valence-corrected chi connectivity index (χ2v) is 10.7. The van der Waals surface area contributed by atoms with Crippen molar-refractivity contribution in [1.82, 2.24) is 4.57 Å². The molecule has 10 nitrogen and oxygen atoms in total. The van der Waals surface area contributed by atoms with Gasteiger partial charge < -0.3 is 14.2 Å². The number of nitro groups is 1. The fraction of sp³-hybridized carbons (Fsp3) is 0.167. The van der Waals surface area contributed by atoms with E-state index in [1.807, 2.05) is 0 Å². The number of ether oxygens (including phenoxy) is 3. The highest BCUT2D eigenvalue weighted by Crippen LogP contribution is 2.32. The molecular formula is C30H24ClN3O7S. The third-order valence-electron chi connectivity index (χ3n) is 6.64.